The number of anilines is 3. The molecule has 0 aliphatic carbocycles. The molecule has 0 bridgehead atoms. The van der Waals surface area contributed by atoms with Gasteiger partial charge in [-0.2, -0.15) is 0 Å². The minimum atomic E-state index is -0.445. The first-order valence-electron chi connectivity index (χ1n) is 10.9. The van der Waals surface area contributed by atoms with E-state index < -0.39 is 11.8 Å². The predicted octanol–water partition coefficient (Wildman–Crippen LogP) is 4.83. The molecule has 1 heterocycles. The van der Waals surface area contributed by atoms with Crippen LogP contribution in [0.1, 0.15) is 26.3 Å². The smallest absolute Gasteiger partial charge is 0.282 e. The van der Waals surface area contributed by atoms with Crippen LogP contribution in [0.15, 0.2) is 84.6 Å². The molecule has 0 unspecified atom stereocenters. The number of amides is 3. The fraction of sp³-hybridized carbons (Fsp3) is 0.148. The maximum atomic E-state index is 13.5. The number of carbonyl (C=O) groups is 3. The molecular formula is C27H25N3O4. The summed E-state index contributed by atoms with van der Waals surface area (Å²) in [5, 5.41) is 5.82. The fourth-order valence-corrected chi connectivity index (χ4v) is 3.68. The van der Waals surface area contributed by atoms with Crippen molar-refractivity contribution in [3.05, 3.63) is 90.1 Å². The van der Waals surface area contributed by atoms with E-state index in [1.165, 1.54) is 11.8 Å². The molecule has 0 atom stereocenters. The molecule has 34 heavy (non-hydrogen) atoms. The lowest BCUT2D eigenvalue weighted by Gasteiger charge is -2.15. The van der Waals surface area contributed by atoms with Crippen molar-refractivity contribution in [2.45, 2.75) is 26.9 Å². The van der Waals surface area contributed by atoms with Crippen LogP contribution in [-0.4, -0.2) is 23.8 Å². The number of carbonyl (C=O) groups excluding carboxylic acids is 3. The van der Waals surface area contributed by atoms with E-state index in [0.717, 1.165) is 0 Å². The Balaban J connectivity index is 1.72. The van der Waals surface area contributed by atoms with Gasteiger partial charge in [-0.3, -0.25) is 14.4 Å². The zero-order valence-electron chi connectivity index (χ0n) is 19.2. The van der Waals surface area contributed by atoms with Gasteiger partial charge in [0, 0.05) is 18.3 Å². The minimum absolute atomic E-state index is 0.0195. The molecule has 0 spiro atoms. The molecule has 7 nitrogen and oxygen atoms in total. The summed E-state index contributed by atoms with van der Waals surface area (Å²) >= 11 is 0. The minimum Gasteiger partial charge on any atom is -0.491 e. The molecule has 0 radical (unpaired) electrons. The van der Waals surface area contributed by atoms with Gasteiger partial charge in [-0.25, -0.2) is 4.90 Å². The monoisotopic (exact) mass is 455 g/mol. The Bertz CT molecular complexity index is 1250. The van der Waals surface area contributed by atoms with Gasteiger partial charge in [0.25, 0.3) is 11.8 Å². The van der Waals surface area contributed by atoms with Gasteiger partial charge in [0.05, 0.1) is 17.4 Å². The van der Waals surface area contributed by atoms with E-state index >= 15 is 0 Å². The number of nitrogens with one attached hydrogen (secondary N) is 2. The van der Waals surface area contributed by atoms with Crippen molar-refractivity contribution in [3.8, 4) is 5.75 Å². The van der Waals surface area contributed by atoms with Crippen LogP contribution in [0, 0.1) is 0 Å². The highest BCUT2D eigenvalue weighted by atomic mass is 16.5. The van der Waals surface area contributed by atoms with Crippen LogP contribution >= 0.6 is 0 Å². The molecule has 3 aromatic rings. The SMILES string of the molecule is CC(=O)Nc1ccc(NC2=C(c3ccc(OC(C)C)cc3)C(=O)N(c3ccccc3)C2=O)cc1. The van der Waals surface area contributed by atoms with Crippen molar-refractivity contribution < 1.29 is 19.1 Å². The van der Waals surface area contributed by atoms with Crippen molar-refractivity contribution in [2.24, 2.45) is 0 Å². The average Bonchev–Trinajstić information content (AvgIpc) is 3.05. The first-order valence-corrected chi connectivity index (χ1v) is 10.9. The van der Waals surface area contributed by atoms with Crippen molar-refractivity contribution in [2.75, 3.05) is 15.5 Å². The third kappa shape index (κ3) is 4.83. The van der Waals surface area contributed by atoms with Crippen molar-refractivity contribution >= 4 is 40.4 Å². The Labute approximate surface area is 198 Å². The number of rotatable bonds is 7. The predicted molar refractivity (Wildman–Crippen MR) is 132 cm³/mol. The Morgan fingerprint density at radius 2 is 1.44 bits per heavy atom. The molecule has 4 rings (SSSR count). The van der Waals surface area contributed by atoms with Crippen LogP contribution < -0.4 is 20.3 Å². The number of nitrogens with zero attached hydrogens (tertiary/aromatic N) is 1. The standard InChI is InChI=1S/C27H25N3O4/c1-17(2)34-23-15-9-19(10-16-23)24-25(29-21-13-11-20(12-14-21)28-18(3)31)27(33)30(26(24)32)22-7-5-4-6-8-22/h4-17,29H,1-3H3,(H,28,31). The lowest BCUT2D eigenvalue weighted by atomic mass is 10.0. The summed E-state index contributed by atoms with van der Waals surface area (Å²) in [6.07, 6.45) is 0.0195. The lowest BCUT2D eigenvalue weighted by molar-refractivity contribution is -0.120. The second-order valence-electron chi connectivity index (χ2n) is 8.11. The summed E-state index contributed by atoms with van der Waals surface area (Å²) < 4.78 is 5.71. The third-order valence-electron chi connectivity index (χ3n) is 5.09. The number of imide groups is 1. The van der Waals surface area contributed by atoms with Gasteiger partial charge in [-0.1, -0.05) is 30.3 Å². The summed E-state index contributed by atoms with van der Waals surface area (Å²) in [5.74, 6) is -0.351. The van der Waals surface area contributed by atoms with Gasteiger partial charge in [0.15, 0.2) is 0 Å². The normalized spacial score (nSPS) is 13.5. The molecule has 0 saturated carbocycles. The van der Waals surface area contributed by atoms with E-state index in [4.69, 9.17) is 4.74 Å². The van der Waals surface area contributed by atoms with Crippen molar-refractivity contribution in [1.82, 2.24) is 0 Å². The lowest BCUT2D eigenvalue weighted by Crippen LogP contribution is -2.32. The molecule has 1 aliphatic rings. The Morgan fingerprint density at radius 1 is 0.824 bits per heavy atom. The van der Waals surface area contributed by atoms with Crippen LogP contribution in [0.5, 0.6) is 5.75 Å². The van der Waals surface area contributed by atoms with E-state index in [0.29, 0.717) is 28.4 Å². The average molecular weight is 456 g/mol. The zero-order valence-corrected chi connectivity index (χ0v) is 19.2. The zero-order chi connectivity index (χ0) is 24.2. The maximum absolute atomic E-state index is 13.5. The van der Waals surface area contributed by atoms with Crippen LogP contribution in [0.4, 0.5) is 17.1 Å². The van der Waals surface area contributed by atoms with Crippen molar-refractivity contribution in [1.29, 1.82) is 0 Å². The molecule has 0 aromatic heterocycles. The molecule has 0 fully saturated rings. The van der Waals surface area contributed by atoms with Crippen LogP contribution in [-0.2, 0) is 14.4 Å². The summed E-state index contributed by atoms with van der Waals surface area (Å²) in [6.45, 7) is 5.31. The molecule has 7 heteroatoms. The van der Waals surface area contributed by atoms with Gasteiger partial charge in [0.1, 0.15) is 11.4 Å². The Morgan fingerprint density at radius 3 is 2.03 bits per heavy atom. The Kier molecular flexibility index (Phi) is 6.45. The van der Waals surface area contributed by atoms with E-state index in [9.17, 15) is 14.4 Å². The number of ether oxygens (including phenoxy) is 1. The van der Waals surface area contributed by atoms with Gasteiger partial charge in [-0.05, 0) is 67.9 Å². The quantitative estimate of drug-likeness (QED) is 0.499. The number of hydrogen-bond donors (Lipinski definition) is 2. The van der Waals surface area contributed by atoms with Crippen LogP contribution in [0.3, 0.4) is 0 Å². The largest absolute Gasteiger partial charge is 0.491 e. The molecule has 1 aliphatic heterocycles. The highest BCUT2D eigenvalue weighted by Gasteiger charge is 2.40. The number of benzene rings is 3. The summed E-state index contributed by atoms with van der Waals surface area (Å²) in [7, 11) is 0. The molecule has 0 saturated heterocycles. The highest BCUT2D eigenvalue weighted by molar-refractivity contribution is 6.46. The summed E-state index contributed by atoms with van der Waals surface area (Å²) in [6, 6.07) is 22.8. The molecule has 172 valence electrons. The van der Waals surface area contributed by atoms with E-state index in [1.54, 1.807) is 72.8 Å². The van der Waals surface area contributed by atoms with E-state index in [-0.39, 0.29) is 23.3 Å². The third-order valence-corrected chi connectivity index (χ3v) is 5.09. The van der Waals surface area contributed by atoms with Gasteiger partial charge >= 0.3 is 0 Å². The summed E-state index contributed by atoms with van der Waals surface area (Å²) in [5.41, 5.74) is 2.79. The van der Waals surface area contributed by atoms with E-state index in [2.05, 4.69) is 10.6 Å². The van der Waals surface area contributed by atoms with E-state index in [1.807, 2.05) is 19.9 Å². The summed E-state index contributed by atoms with van der Waals surface area (Å²) in [4.78, 5) is 39.4. The first kappa shape index (κ1) is 22.8. The van der Waals surface area contributed by atoms with Crippen LogP contribution in [0.25, 0.3) is 5.57 Å². The van der Waals surface area contributed by atoms with Crippen molar-refractivity contribution in [3.63, 3.8) is 0 Å². The number of para-hydroxylation sites is 1. The molecule has 3 amide bonds. The Hall–Kier alpha value is -4.39. The first-order chi connectivity index (χ1) is 16.3. The van der Waals surface area contributed by atoms with Gasteiger partial charge in [0.2, 0.25) is 5.91 Å². The highest BCUT2D eigenvalue weighted by Crippen LogP contribution is 2.34. The van der Waals surface area contributed by atoms with Crippen LogP contribution in [0.2, 0.25) is 0 Å². The maximum Gasteiger partial charge on any atom is 0.282 e. The topological polar surface area (TPSA) is 87.7 Å². The van der Waals surface area contributed by atoms with Gasteiger partial charge < -0.3 is 15.4 Å². The number of hydrogen-bond acceptors (Lipinski definition) is 5. The molecular weight excluding hydrogens is 430 g/mol. The molecule has 3 aromatic carbocycles. The second-order valence-corrected chi connectivity index (χ2v) is 8.11. The fourth-order valence-electron chi connectivity index (χ4n) is 3.68. The molecule has 2 N–H and O–H groups in total. The second kappa shape index (κ2) is 9.62. The van der Waals surface area contributed by atoms with Gasteiger partial charge in [-0.15, -0.1) is 0 Å².